The molecule has 568 valence electrons. The van der Waals surface area contributed by atoms with Crippen molar-refractivity contribution in [3.63, 3.8) is 0 Å². The predicted octanol–water partition coefficient (Wildman–Crippen LogP) is 33.4. The average molecular weight is 1560 g/mol. The molecule has 1 N–H and O–H groups in total. The lowest BCUT2D eigenvalue weighted by atomic mass is 9.66. The lowest BCUT2D eigenvalue weighted by Crippen LogP contribution is -2.32. The summed E-state index contributed by atoms with van der Waals surface area (Å²) in [6, 6.07) is 72.2. The fraction of sp³-hybridized carbons (Fsp3) is 0.360. The van der Waals surface area contributed by atoms with E-state index in [0.717, 1.165) is 52.7 Å². The van der Waals surface area contributed by atoms with Crippen LogP contribution in [0.15, 0.2) is 218 Å². The van der Waals surface area contributed by atoms with E-state index in [4.69, 9.17) is 51.3 Å². The van der Waals surface area contributed by atoms with Gasteiger partial charge in [-0.05, 0) is 271 Å². The third-order valence-electron chi connectivity index (χ3n) is 22.0. The molecule has 0 bridgehead atoms. The summed E-state index contributed by atoms with van der Waals surface area (Å²) in [4.78, 5) is 9.25. The molecule has 14 rings (SSSR count). The van der Waals surface area contributed by atoms with Crippen LogP contribution in [0.2, 0.25) is 15.1 Å². The summed E-state index contributed by atoms with van der Waals surface area (Å²) in [5.41, 5.74) is 18.6. The summed E-state index contributed by atoms with van der Waals surface area (Å²) in [5.74, 6) is -2.75. The van der Waals surface area contributed by atoms with Gasteiger partial charge in [0.05, 0.1) is 0 Å². The van der Waals surface area contributed by atoms with Crippen LogP contribution < -0.4 is 20.0 Å². The fourth-order valence-corrected chi connectivity index (χ4v) is 19.2. The van der Waals surface area contributed by atoms with Crippen LogP contribution >= 0.6 is 57.5 Å². The zero-order valence-electron chi connectivity index (χ0n) is 78.7. The first kappa shape index (κ1) is 65.9. The monoisotopic (exact) mass is 1550 g/mol. The number of nitrogens with zero attached hydrogens (tertiary/aromatic N) is 3. The van der Waals surface area contributed by atoms with Crippen LogP contribution in [0, 0.1) is 0 Å². The highest BCUT2D eigenvalue weighted by atomic mass is 35.5. The number of halogens is 3. The number of benzene rings is 10. The van der Waals surface area contributed by atoms with E-state index in [9.17, 15) is 0 Å². The molecule has 0 saturated heterocycles. The zero-order valence-corrected chi connectivity index (χ0v) is 70.6. The predicted molar refractivity (Wildman–Crippen MR) is 483 cm³/mol. The van der Waals surface area contributed by atoms with Gasteiger partial charge in [0.2, 0.25) is 0 Å². The van der Waals surface area contributed by atoms with Gasteiger partial charge < -0.3 is 20.0 Å². The van der Waals surface area contributed by atoms with Crippen molar-refractivity contribution in [2.75, 3.05) is 20.0 Å². The summed E-state index contributed by atoms with van der Waals surface area (Å²) in [6.07, 6.45) is 4.82. The number of anilines is 11. The van der Waals surface area contributed by atoms with E-state index < -0.39 is 51.1 Å². The first-order chi connectivity index (χ1) is 56.1. The van der Waals surface area contributed by atoms with Crippen LogP contribution in [-0.4, -0.2) is 0 Å². The molecule has 0 aliphatic heterocycles. The van der Waals surface area contributed by atoms with Gasteiger partial charge >= 0.3 is 0 Å². The van der Waals surface area contributed by atoms with E-state index in [1.165, 1.54) is 60.3 Å². The van der Waals surface area contributed by atoms with E-state index in [1.54, 1.807) is 80.6 Å². The Morgan fingerprint density at radius 3 is 1.04 bits per heavy atom. The summed E-state index contributed by atoms with van der Waals surface area (Å²) < 4.78 is 98.7. The van der Waals surface area contributed by atoms with E-state index in [2.05, 4.69) is 198 Å². The Bertz CT molecular complexity index is 5580. The topological polar surface area (TPSA) is 21.8 Å². The number of fused-ring (bicyclic) bond motifs is 6. The van der Waals surface area contributed by atoms with Crippen LogP contribution in [0.5, 0.6) is 0 Å². The second-order valence-corrected chi connectivity index (χ2v) is 38.3. The number of thiophene rings is 2. The van der Waals surface area contributed by atoms with Crippen molar-refractivity contribution in [3.8, 4) is 0 Å². The van der Waals surface area contributed by atoms with Crippen molar-refractivity contribution in [2.24, 2.45) is 0 Å². The standard InChI is InChI=1S/C50H57ClN2S.C26H33NS.C24H25Cl2N/c1-32(2)34-14-12-16-39(26-34)53(40-17-13-15-35(27-40)33(3)4)43-29-37(51)28-42(30-43)52(38-20-18-36(19-21-38)48(5,6)7)41-22-23-44-45(31-41)54-47-46(44)49(8,9)24-25-50(47,10)11;1-24(2,3)17-8-10-18(11-9-17)27-19-12-13-20-21(16-19)28-23-22(20)25(4,5)14-15-26(23,6)7;1-16(2)18-7-5-9-22(11-18)27(24-14-20(25)13-21(26)15-24)23-10-6-8-19(12-23)17(3)4/h12-23,26-33H,24-25H2,1-11H3;8-13,16,27H,14-15H2,1-7H3;5-17H,1-4H3/i1D3,3D3;;1D3,3D3. The van der Waals surface area contributed by atoms with Gasteiger partial charge in [-0.15, -0.1) is 22.7 Å². The molecule has 2 aliphatic rings. The highest BCUT2D eigenvalue weighted by Crippen LogP contribution is 2.56. The van der Waals surface area contributed by atoms with Crippen molar-refractivity contribution < 1.29 is 16.4 Å². The summed E-state index contributed by atoms with van der Waals surface area (Å²) >= 11 is 23.7. The zero-order chi connectivity index (χ0) is 88.6. The van der Waals surface area contributed by atoms with Crippen molar-refractivity contribution in [3.05, 3.63) is 288 Å². The Morgan fingerprint density at radius 1 is 0.339 bits per heavy atom. The molecule has 9 heteroatoms. The normalized spacial score (nSPS) is 18.0. The summed E-state index contributed by atoms with van der Waals surface area (Å²) in [6.45, 7) is 30.7. The molecular formula is C100H115Cl3N4S2. The highest BCUT2D eigenvalue weighted by molar-refractivity contribution is 7.20. The largest absolute Gasteiger partial charge is 0.355 e. The maximum Gasteiger partial charge on any atom is 0.0497 e. The molecule has 2 heterocycles. The molecule has 2 aromatic heterocycles. The van der Waals surface area contributed by atoms with Crippen molar-refractivity contribution in [1.29, 1.82) is 0 Å². The molecule has 0 radical (unpaired) electrons. The SMILES string of the molecule is CC(C)(C)c1ccc(Nc2ccc3c4c(sc3c2)C(C)(C)CCC4(C)C)cc1.[2H]C([2H])([2H])C(C)c1cccc(N(c2cc(Cl)cc(Cl)c2)c2cccc(C(C)C([2H])([2H])[2H])c2)c1.[2H]C([2H])([2H])C(C)c1cccc(N(c2cccc(C(C)C([2H])([2H])[2H])c2)c2cc(Cl)cc(N(c3ccc(C(C)(C)C)cc3)c3ccc4c5c(sc4c3)C(C)(C)CCC5(C)C)c2)c1. The van der Waals surface area contributed by atoms with Gasteiger partial charge in [-0.3, -0.25) is 0 Å². The molecule has 0 amide bonds. The van der Waals surface area contributed by atoms with Crippen LogP contribution in [0.4, 0.5) is 62.6 Å². The lowest BCUT2D eigenvalue weighted by molar-refractivity contribution is 0.341. The van der Waals surface area contributed by atoms with Gasteiger partial charge in [-0.2, -0.15) is 0 Å². The summed E-state index contributed by atoms with van der Waals surface area (Å²) in [7, 11) is 0. The van der Waals surface area contributed by atoms with Gasteiger partial charge in [0.1, 0.15) is 0 Å². The first-order valence-electron chi connectivity index (χ1n) is 44.3. The highest BCUT2D eigenvalue weighted by Gasteiger charge is 2.42. The third kappa shape index (κ3) is 17.9. The Morgan fingerprint density at radius 2 is 0.651 bits per heavy atom. The number of nitrogens with one attached hydrogen (secondary N) is 1. The Kier molecular flexibility index (Phi) is 19.2. The number of hydrogen-bond acceptors (Lipinski definition) is 6. The molecule has 4 atom stereocenters. The number of hydrogen-bond donors (Lipinski definition) is 1. The van der Waals surface area contributed by atoms with E-state index in [1.807, 2.05) is 117 Å². The minimum atomic E-state index is -2.20. The van der Waals surface area contributed by atoms with Gasteiger partial charge in [-0.25, -0.2) is 0 Å². The number of rotatable bonds is 15. The third-order valence-corrected chi connectivity index (χ3v) is 25.7. The second-order valence-electron chi connectivity index (χ2n) is 34.9. The molecule has 4 unspecified atom stereocenters. The van der Waals surface area contributed by atoms with Crippen LogP contribution in [0.3, 0.4) is 0 Å². The molecule has 10 aromatic carbocycles. The first-order valence-corrected chi connectivity index (χ1v) is 41.1. The fourth-order valence-electron chi connectivity index (χ4n) is 15.3. The minimum absolute atomic E-state index is 0.0290. The van der Waals surface area contributed by atoms with E-state index in [0.29, 0.717) is 54.4 Å². The Balaban J connectivity index is 0.000000184. The van der Waals surface area contributed by atoms with Gasteiger partial charge in [0, 0.05) is 113 Å². The lowest BCUT2D eigenvalue weighted by Gasteiger charge is -2.39. The van der Waals surface area contributed by atoms with E-state index >= 15 is 0 Å². The Labute approximate surface area is 693 Å². The van der Waals surface area contributed by atoms with Gasteiger partial charge in [-0.1, -0.05) is 272 Å². The van der Waals surface area contributed by atoms with Crippen LogP contribution in [-0.2, 0) is 32.5 Å². The molecule has 12 aromatic rings. The van der Waals surface area contributed by atoms with Crippen LogP contribution in [0.1, 0.15) is 272 Å². The smallest absolute Gasteiger partial charge is 0.0497 e. The Hall–Kier alpha value is -7.81. The summed E-state index contributed by atoms with van der Waals surface area (Å²) in [5, 5.41) is 7.77. The quantitative estimate of drug-likeness (QED) is 0.110. The van der Waals surface area contributed by atoms with Crippen molar-refractivity contribution in [1.82, 2.24) is 0 Å². The second kappa shape index (κ2) is 31.8. The van der Waals surface area contributed by atoms with Gasteiger partial charge in [0.25, 0.3) is 0 Å². The minimum Gasteiger partial charge on any atom is -0.355 e. The molecule has 109 heavy (non-hydrogen) atoms. The molecular weight excluding hydrogens is 1430 g/mol. The maximum atomic E-state index is 8.20. The van der Waals surface area contributed by atoms with E-state index in [-0.39, 0.29) is 32.5 Å². The molecule has 2 aliphatic carbocycles. The molecule has 4 nitrogen and oxygen atoms in total. The van der Waals surface area contributed by atoms with Gasteiger partial charge in [0.15, 0.2) is 0 Å². The molecule has 0 saturated carbocycles. The average Bonchev–Trinajstić information content (AvgIpc) is 1.58. The van der Waals surface area contributed by atoms with Crippen LogP contribution in [0.25, 0.3) is 20.2 Å². The maximum absolute atomic E-state index is 8.20. The van der Waals surface area contributed by atoms with Crippen molar-refractivity contribution in [2.45, 2.75) is 234 Å². The van der Waals surface area contributed by atoms with Crippen molar-refractivity contribution >= 4 is 140 Å². The molecule has 0 spiro atoms. The molecule has 0 fully saturated rings.